The predicted octanol–water partition coefficient (Wildman–Crippen LogP) is 3.02. The van der Waals surface area contributed by atoms with Crippen LogP contribution in [0, 0.1) is 5.41 Å². The van der Waals surface area contributed by atoms with E-state index < -0.39 is 5.97 Å². The standard InChI is InChI=1S/C16H23ClN2O3/c1-16(2,10-12-5-4-6-13(17)9-12)11-18-15(22)19(3)8-7-14(20)21/h4-6,9H,7-8,10-11H2,1-3H3,(H,18,22)(H,20,21). The van der Waals surface area contributed by atoms with E-state index >= 15 is 0 Å². The molecule has 0 bridgehead atoms. The zero-order valence-corrected chi connectivity index (χ0v) is 14.0. The van der Waals surface area contributed by atoms with Crippen LogP contribution in [0.4, 0.5) is 4.79 Å². The monoisotopic (exact) mass is 326 g/mol. The summed E-state index contributed by atoms with van der Waals surface area (Å²) < 4.78 is 0. The molecule has 22 heavy (non-hydrogen) atoms. The van der Waals surface area contributed by atoms with Gasteiger partial charge >= 0.3 is 12.0 Å². The molecule has 0 aromatic heterocycles. The van der Waals surface area contributed by atoms with E-state index in [-0.39, 0.29) is 24.4 Å². The number of halogens is 1. The maximum atomic E-state index is 11.9. The molecule has 0 radical (unpaired) electrons. The topological polar surface area (TPSA) is 69.6 Å². The third-order valence-electron chi connectivity index (χ3n) is 3.30. The molecule has 0 unspecified atom stereocenters. The molecule has 1 aromatic carbocycles. The number of aliphatic carboxylic acids is 1. The molecule has 1 aromatic rings. The van der Waals surface area contributed by atoms with E-state index in [1.165, 1.54) is 4.90 Å². The quantitative estimate of drug-likeness (QED) is 0.809. The van der Waals surface area contributed by atoms with E-state index in [2.05, 4.69) is 19.2 Å². The van der Waals surface area contributed by atoms with Crippen LogP contribution < -0.4 is 5.32 Å². The number of carbonyl (C=O) groups excluding carboxylic acids is 1. The molecule has 0 saturated heterocycles. The molecular formula is C16H23ClN2O3. The summed E-state index contributed by atoms with van der Waals surface area (Å²) in [5, 5.41) is 12.2. The van der Waals surface area contributed by atoms with Crippen molar-refractivity contribution < 1.29 is 14.7 Å². The number of urea groups is 1. The van der Waals surface area contributed by atoms with Crippen LogP contribution in [0.1, 0.15) is 25.8 Å². The number of nitrogens with one attached hydrogen (secondary N) is 1. The van der Waals surface area contributed by atoms with Gasteiger partial charge in [-0.25, -0.2) is 4.79 Å². The van der Waals surface area contributed by atoms with Crippen LogP contribution in [0.2, 0.25) is 5.02 Å². The molecule has 0 saturated carbocycles. The Bertz CT molecular complexity index is 532. The number of amides is 2. The smallest absolute Gasteiger partial charge is 0.317 e. The Hall–Kier alpha value is -1.75. The molecule has 6 heteroatoms. The first-order chi connectivity index (χ1) is 10.2. The molecular weight excluding hydrogens is 304 g/mol. The van der Waals surface area contributed by atoms with Crippen molar-refractivity contribution in [2.45, 2.75) is 26.7 Å². The van der Waals surface area contributed by atoms with E-state index in [1.807, 2.05) is 24.3 Å². The van der Waals surface area contributed by atoms with Gasteiger partial charge in [0.05, 0.1) is 6.42 Å². The lowest BCUT2D eigenvalue weighted by molar-refractivity contribution is -0.137. The number of nitrogens with zero attached hydrogens (tertiary/aromatic N) is 1. The number of hydrogen-bond donors (Lipinski definition) is 2. The van der Waals surface area contributed by atoms with Crippen molar-refractivity contribution in [1.29, 1.82) is 0 Å². The largest absolute Gasteiger partial charge is 0.481 e. The summed E-state index contributed by atoms with van der Waals surface area (Å²) >= 11 is 5.98. The average Bonchev–Trinajstić information content (AvgIpc) is 2.41. The van der Waals surface area contributed by atoms with Crippen LogP contribution in [-0.4, -0.2) is 42.1 Å². The van der Waals surface area contributed by atoms with E-state index in [9.17, 15) is 9.59 Å². The van der Waals surface area contributed by atoms with Crippen molar-refractivity contribution in [3.63, 3.8) is 0 Å². The fourth-order valence-corrected chi connectivity index (χ4v) is 2.29. The summed E-state index contributed by atoms with van der Waals surface area (Å²) in [7, 11) is 1.59. The van der Waals surface area contributed by atoms with Gasteiger partial charge in [-0.05, 0) is 29.5 Å². The SMILES string of the molecule is CN(CCC(=O)O)C(=O)NCC(C)(C)Cc1cccc(Cl)c1. The van der Waals surface area contributed by atoms with Crippen molar-refractivity contribution in [2.75, 3.05) is 20.1 Å². The Balaban J connectivity index is 2.47. The van der Waals surface area contributed by atoms with Gasteiger partial charge in [0, 0.05) is 25.2 Å². The van der Waals surface area contributed by atoms with Gasteiger partial charge in [-0.2, -0.15) is 0 Å². The van der Waals surface area contributed by atoms with Crippen LogP contribution >= 0.6 is 11.6 Å². The number of hydrogen-bond acceptors (Lipinski definition) is 2. The van der Waals surface area contributed by atoms with Gasteiger partial charge in [0.15, 0.2) is 0 Å². The third-order valence-corrected chi connectivity index (χ3v) is 3.53. The molecule has 0 spiro atoms. The highest BCUT2D eigenvalue weighted by Crippen LogP contribution is 2.22. The Labute approximate surface area is 136 Å². The van der Waals surface area contributed by atoms with Crippen molar-refractivity contribution in [2.24, 2.45) is 5.41 Å². The summed E-state index contributed by atoms with van der Waals surface area (Å²) in [6.07, 6.45) is 0.725. The summed E-state index contributed by atoms with van der Waals surface area (Å²) in [6, 6.07) is 7.40. The lowest BCUT2D eigenvalue weighted by Crippen LogP contribution is -2.43. The second kappa shape index (κ2) is 8.03. The van der Waals surface area contributed by atoms with Gasteiger partial charge in [-0.15, -0.1) is 0 Å². The average molecular weight is 327 g/mol. The molecule has 0 aliphatic rings. The van der Waals surface area contributed by atoms with Crippen molar-refractivity contribution in [3.8, 4) is 0 Å². The van der Waals surface area contributed by atoms with E-state index in [4.69, 9.17) is 16.7 Å². The molecule has 1 rings (SSSR count). The predicted molar refractivity (Wildman–Crippen MR) is 87.2 cm³/mol. The molecule has 0 fully saturated rings. The molecule has 5 nitrogen and oxygen atoms in total. The van der Waals surface area contributed by atoms with Gasteiger partial charge < -0.3 is 15.3 Å². The molecule has 2 amide bonds. The van der Waals surface area contributed by atoms with Crippen molar-refractivity contribution in [1.82, 2.24) is 10.2 Å². The Morgan fingerprint density at radius 2 is 2.05 bits per heavy atom. The fraction of sp³-hybridized carbons (Fsp3) is 0.500. The summed E-state index contributed by atoms with van der Waals surface area (Å²) in [5.41, 5.74) is 0.986. The first-order valence-electron chi connectivity index (χ1n) is 7.15. The molecule has 2 N–H and O–H groups in total. The highest BCUT2D eigenvalue weighted by Gasteiger charge is 2.21. The van der Waals surface area contributed by atoms with Gasteiger partial charge in [-0.1, -0.05) is 37.6 Å². The van der Waals surface area contributed by atoms with Gasteiger partial charge in [0.25, 0.3) is 0 Å². The van der Waals surface area contributed by atoms with E-state index in [0.717, 1.165) is 12.0 Å². The number of carboxylic acid groups (broad SMARTS) is 1. The van der Waals surface area contributed by atoms with Crippen LogP contribution in [0.15, 0.2) is 24.3 Å². The lowest BCUT2D eigenvalue weighted by atomic mass is 9.86. The minimum Gasteiger partial charge on any atom is -0.481 e. The summed E-state index contributed by atoms with van der Waals surface area (Å²) in [5.74, 6) is -0.916. The van der Waals surface area contributed by atoms with E-state index in [1.54, 1.807) is 7.05 Å². The van der Waals surface area contributed by atoms with Crippen molar-refractivity contribution >= 4 is 23.6 Å². The Kier molecular flexibility index (Phi) is 6.68. The van der Waals surface area contributed by atoms with Crippen molar-refractivity contribution in [3.05, 3.63) is 34.9 Å². The number of benzene rings is 1. The second-order valence-corrected chi connectivity index (χ2v) is 6.63. The molecule has 0 heterocycles. The molecule has 0 aliphatic carbocycles. The summed E-state index contributed by atoms with van der Waals surface area (Å²) in [6.45, 7) is 4.81. The third kappa shape index (κ3) is 6.80. The summed E-state index contributed by atoms with van der Waals surface area (Å²) in [4.78, 5) is 23.8. The minimum atomic E-state index is -0.916. The van der Waals surface area contributed by atoms with Crippen LogP contribution in [0.5, 0.6) is 0 Å². The minimum absolute atomic E-state index is 0.0597. The van der Waals surface area contributed by atoms with Gasteiger partial charge in [0.2, 0.25) is 0 Å². The van der Waals surface area contributed by atoms with Gasteiger partial charge in [-0.3, -0.25) is 4.79 Å². The van der Waals surface area contributed by atoms with Crippen LogP contribution in [0.25, 0.3) is 0 Å². The zero-order chi connectivity index (χ0) is 16.8. The number of carboxylic acids is 1. The van der Waals surface area contributed by atoms with Gasteiger partial charge in [0.1, 0.15) is 0 Å². The fourth-order valence-electron chi connectivity index (χ4n) is 2.08. The molecule has 122 valence electrons. The number of rotatable bonds is 7. The normalized spacial score (nSPS) is 11.1. The highest BCUT2D eigenvalue weighted by molar-refractivity contribution is 6.30. The number of carbonyl (C=O) groups is 2. The first kappa shape index (κ1) is 18.3. The highest BCUT2D eigenvalue weighted by atomic mass is 35.5. The Morgan fingerprint density at radius 3 is 2.64 bits per heavy atom. The lowest BCUT2D eigenvalue weighted by Gasteiger charge is -2.27. The first-order valence-corrected chi connectivity index (χ1v) is 7.52. The van der Waals surface area contributed by atoms with E-state index in [0.29, 0.717) is 11.6 Å². The molecule has 0 atom stereocenters. The maximum Gasteiger partial charge on any atom is 0.317 e. The Morgan fingerprint density at radius 1 is 1.36 bits per heavy atom. The second-order valence-electron chi connectivity index (χ2n) is 6.19. The van der Waals surface area contributed by atoms with Crippen LogP contribution in [0.3, 0.4) is 0 Å². The zero-order valence-electron chi connectivity index (χ0n) is 13.2. The van der Waals surface area contributed by atoms with Crippen LogP contribution in [-0.2, 0) is 11.2 Å². The molecule has 0 aliphatic heterocycles. The maximum absolute atomic E-state index is 11.9.